The van der Waals surface area contributed by atoms with Gasteiger partial charge in [0.15, 0.2) is 5.78 Å². The first-order valence-corrected chi connectivity index (χ1v) is 10.8. The monoisotopic (exact) mass is 431 g/mol. The predicted molar refractivity (Wildman–Crippen MR) is 120 cm³/mol. The highest BCUT2D eigenvalue weighted by molar-refractivity contribution is 6.04. The molecule has 2 aliphatic rings. The van der Waals surface area contributed by atoms with Crippen molar-refractivity contribution in [2.75, 3.05) is 6.61 Å². The fourth-order valence-electron chi connectivity index (χ4n) is 4.58. The molecule has 6 nitrogen and oxygen atoms in total. The number of allylic oxidation sites excluding steroid dienone is 3. The van der Waals surface area contributed by atoms with Crippen molar-refractivity contribution in [1.82, 2.24) is 5.32 Å². The van der Waals surface area contributed by atoms with E-state index in [1.165, 1.54) is 0 Å². The van der Waals surface area contributed by atoms with Gasteiger partial charge in [0.25, 0.3) is 0 Å². The van der Waals surface area contributed by atoms with Crippen LogP contribution >= 0.6 is 0 Å². The molecule has 0 saturated carbocycles. The Balaban J connectivity index is 1.91. The van der Waals surface area contributed by atoms with Gasteiger partial charge in [0.2, 0.25) is 0 Å². The summed E-state index contributed by atoms with van der Waals surface area (Å²) in [5, 5.41) is 12.5. The number of esters is 1. The summed E-state index contributed by atoms with van der Waals surface area (Å²) in [7, 11) is 0. The van der Waals surface area contributed by atoms with E-state index in [9.17, 15) is 19.5 Å². The molecule has 1 unspecified atom stereocenters. The Morgan fingerprint density at radius 2 is 1.81 bits per heavy atom. The van der Waals surface area contributed by atoms with Crippen LogP contribution in [0.1, 0.15) is 54.9 Å². The molecule has 1 aliphatic carbocycles. The second-order valence-corrected chi connectivity index (χ2v) is 7.96. The van der Waals surface area contributed by atoms with Crippen LogP contribution < -0.4 is 5.32 Å². The Hall–Kier alpha value is -3.67. The maximum absolute atomic E-state index is 13.1. The van der Waals surface area contributed by atoms with E-state index >= 15 is 0 Å². The van der Waals surface area contributed by atoms with Crippen LogP contribution in [0, 0.1) is 0 Å². The first-order chi connectivity index (χ1) is 15.4. The number of benzene rings is 2. The Morgan fingerprint density at radius 3 is 2.50 bits per heavy atom. The number of carbonyl (C=O) groups is 3. The molecule has 0 spiro atoms. The molecule has 2 aromatic rings. The van der Waals surface area contributed by atoms with Crippen LogP contribution in [0.25, 0.3) is 11.1 Å². The second kappa shape index (κ2) is 8.83. The van der Waals surface area contributed by atoms with Crippen molar-refractivity contribution in [3.63, 3.8) is 0 Å². The number of Topliss-reactive ketones (excluding diaryl/α,β-unsaturated/α-hetero) is 1. The summed E-state index contributed by atoms with van der Waals surface area (Å²) in [4.78, 5) is 37.4. The number of hydrogen-bond acceptors (Lipinski definition) is 5. The van der Waals surface area contributed by atoms with Gasteiger partial charge in [-0.15, -0.1) is 0 Å². The number of hydrogen-bond donors (Lipinski definition) is 2. The molecule has 1 aliphatic heterocycles. The van der Waals surface area contributed by atoms with Crippen molar-refractivity contribution in [3.05, 3.63) is 82.2 Å². The SMILES string of the molecule is CCOC(=O)C1=C(C)NC2=C(C(=O)CCC2)C1c1ccccc1-c1ccc(C(=O)O)cc1. The van der Waals surface area contributed by atoms with E-state index < -0.39 is 17.9 Å². The van der Waals surface area contributed by atoms with E-state index in [1.807, 2.05) is 31.2 Å². The quantitative estimate of drug-likeness (QED) is 0.673. The van der Waals surface area contributed by atoms with Gasteiger partial charge in [-0.1, -0.05) is 36.4 Å². The fraction of sp³-hybridized carbons (Fsp3) is 0.269. The molecular formula is C26H25NO5. The molecule has 1 heterocycles. The molecule has 0 bridgehead atoms. The lowest BCUT2D eigenvalue weighted by atomic mass is 9.73. The lowest BCUT2D eigenvalue weighted by Gasteiger charge is -2.35. The first-order valence-electron chi connectivity index (χ1n) is 10.8. The molecule has 6 heteroatoms. The van der Waals surface area contributed by atoms with Crippen molar-refractivity contribution < 1.29 is 24.2 Å². The lowest BCUT2D eigenvalue weighted by Crippen LogP contribution is -2.34. The maximum atomic E-state index is 13.1. The fourth-order valence-corrected chi connectivity index (χ4v) is 4.58. The number of carbonyl (C=O) groups excluding carboxylic acids is 2. The summed E-state index contributed by atoms with van der Waals surface area (Å²) in [6.45, 7) is 3.83. The largest absolute Gasteiger partial charge is 0.478 e. The summed E-state index contributed by atoms with van der Waals surface area (Å²) in [6, 6.07) is 14.3. The van der Waals surface area contributed by atoms with Crippen LogP contribution in [0.3, 0.4) is 0 Å². The van der Waals surface area contributed by atoms with Crippen molar-refractivity contribution in [1.29, 1.82) is 0 Å². The minimum atomic E-state index is -0.992. The molecule has 2 aromatic carbocycles. The molecule has 4 rings (SSSR count). The van der Waals surface area contributed by atoms with Crippen LogP contribution in [0.2, 0.25) is 0 Å². The minimum absolute atomic E-state index is 0.0362. The van der Waals surface area contributed by atoms with E-state index in [-0.39, 0.29) is 18.0 Å². The summed E-state index contributed by atoms with van der Waals surface area (Å²) < 4.78 is 5.37. The summed E-state index contributed by atoms with van der Waals surface area (Å²) in [5.41, 5.74) is 5.30. The van der Waals surface area contributed by atoms with Crippen LogP contribution in [-0.4, -0.2) is 29.4 Å². The number of carboxylic acids is 1. The zero-order chi connectivity index (χ0) is 22.8. The summed E-state index contributed by atoms with van der Waals surface area (Å²) in [5.74, 6) is -1.94. The Labute approximate surface area is 186 Å². The molecule has 1 atom stereocenters. The van der Waals surface area contributed by atoms with E-state index in [1.54, 1.807) is 31.2 Å². The maximum Gasteiger partial charge on any atom is 0.336 e. The van der Waals surface area contributed by atoms with Gasteiger partial charge in [-0.05, 0) is 55.5 Å². The molecule has 32 heavy (non-hydrogen) atoms. The lowest BCUT2D eigenvalue weighted by molar-refractivity contribution is -0.138. The van der Waals surface area contributed by atoms with Crippen LogP contribution in [0.4, 0.5) is 0 Å². The third-order valence-corrected chi connectivity index (χ3v) is 5.99. The van der Waals surface area contributed by atoms with Crippen molar-refractivity contribution in [2.24, 2.45) is 0 Å². The third-order valence-electron chi connectivity index (χ3n) is 5.99. The van der Waals surface area contributed by atoms with Crippen LogP contribution in [-0.2, 0) is 14.3 Å². The summed E-state index contributed by atoms with van der Waals surface area (Å²) >= 11 is 0. The Morgan fingerprint density at radius 1 is 1.09 bits per heavy atom. The van der Waals surface area contributed by atoms with E-state index in [4.69, 9.17) is 4.74 Å². The number of aromatic carboxylic acids is 1. The van der Waals surface area contributed by atoms with Crippen LogP contribution in [0.15, 0.2) is 71.1 Å². The Kier molecular flexibility index (Phi) is 5.95. The van der Waals surface area contributed by atoms with Crippen LogP contribution in [0.5, 0.6) is 0 Å². The second-order valence-electron chi connectivity index (χ2n) is 7.96. The van der Waals surface area contributed by atoms with Gasteiger partial charge in [0.1, 0.15) is 0 Å². The van der Waals surface area contributed by atoms with E-state index in [0.717, 1.165) is 35.2 Å². The zero-order valence-electron chi connectivity index (χ0n) is 18.1. The van der Waals surface area contributed by atoms with Gasteiger partial charge in [-0.3, -0.25) is 4.79 Å². The Bertz CT molecular complexity index is 1160. The van der Waals surface area contributed by atoms with E-state index in [2.05, 4.69) is 5.32 Å². The third kappa shape index (κ3) is 3.84. The number of rotatable bonds is 5. The van der Waals surface area contributed by atoms with Gasteiger partial charge in [0, 0.05) is 29.3 Å². The molecule has 0 aromatic heterocycles. The molecule has 2 N–H and O–H groups in total. The normalized spacial score (nSPS) is 18.2. The van der Waals surface area contributed by atoms with Gasteiger partial charge in [-0.2, -0.15) is 0 Å². The van der Waals surface area contributed by atoms with Gasteiger partial charge < -0.3 is 15.2 Å². The van der Waals surface area contributed by atoms with E-state index in [0.29, 0.717) is 23.3 Å². The highest BCUT2D eigenvalue weighted by Crippen LogP contribution is 2.45. The molecule has 0 fully saturated rings. The minimum Gasteiger partial charge on any atom is -0.478 e. The number of nitrogens with one attached hydrogen (secondary N) is 1. The smallest absolute Gasteiger partial charge is 0.336 e. The van der Waals surface area contributed by atoms with Crippen molar-refractivity contribution >= 4 is 17.7 Å². The standard InChI is InChI=1S/C26H25NO5/c1-3-32-26(31)22-15(2)27-20-9-6-10-21(28)24(20)23(22)19-8-5-4-7-18(19)16-11-13-17(14-12-16)25(29)30/h4-5,7-8,11-14,23,27H,3,6,9-10H2,1-2H3,(H,29,30). The van der Waals surface area contributed by atoms with Gasteiger partial charge in [-0.25, -0.2) is 9.59 Å². The first kappa shape index (κ1) is 21.6. The number of dihydropyridines is 1. The highest BCUT2D eigenvalue weighted by atomic mass is 16.5. The highest BCUT2D eigenvalue weighted by Gasteiger charge is 2.39. The predicted octanol–water partition coefficient (Wildman–Crippen LogP) is 4.58. The molecular weight excluding hydrogens is 406 g/mol. The average Bonchev–Trinajstić information content (AvgIpc) is 2.78. The topological polar surface area (TPSA) is 92.7 Å². The molecule has 0 radical (unpaired) electrons. The van der Waals surface area contributed by atoms with Crippen molar-refractivity contribution in [3.8, 4) is 11.1 Å². The average molecular weight is 431 g/mol. The number of ether oxygens (including phenoxy) is 1. The van der Waals surface area contributed by atoms with Crippen molar-refractivity contribution in [2.45, 2.75) is 39.0 Å². The zero-order valence-corrected chi connectivity index (χ0v) is 18.1. The number of carboxylic acid groups (broad SMARTS) is 1. The molecule has 0 saturated heterocycles. The van der Waals surface area contributed by atoms with Gasteiger partial charge in [0.05, 0.1) is 17.7 Å². The number of ketones is 1. The van der Waals surface area contributed by atoms with Gasteiger partial charge >= 0.3 is 11.9 Å². The summed E-state index contributed by atoms with van der Waals surface area (Å²) in [6.07, 6.45) is 1.97. The molecule has 164 valence electrons. The molecule has 0 amide bonds.